The molecule has 1 aliphatic heterocycles. The molecule has 0 bridgehead atoms. The maximum absolute atomic E-state index is 11.3. The lowest BCUT2D eigenvalue weighted by Crippen LogP contribution is -2.34. The monoisotopic (exact) mass is 178 g/mol. The molecular formula is C9H12N3O. The highest BCUT2D eigenvalue weighted by Crippen LogP contribution is 2.12. The number of H-pyrrole nitrogens is 1. The van der Waals surface area contributed by atoms with Crippen LogP contribution in [0.2, 0.25) is 0 Å². The van der Waals surface area contributed by atoms with Crippen LogP contribution < -0.4 is 10.5 Å². The van der Waals surface area contributed by atoms with Gasteiger partial charge in [0.2, 0.25) is 0 Å². The lowest BCUT2D eigenvalue weighted by Gasteiger charge is -2.26. The van der Waals surface area contributed by atoms with Crippen molar-refractivity contribution >= 4 is 5.82 Å². The van der Waals surface area contributed by atoms with E-state index in [0.29, 0.717) is 5.82 Å². The second-order valence-corrected chi connectivity index (χ2v) is 3.23. The van der Waals surface area contributed by atoms with Gasteiger partial charge in [-0.3, -0.25) is 4.79 Å². The van der Waals surface area contributed by atoms with E-state index in [0.717, 1.165) is 25.9 Å². The summed E-state index contributed by atoms with van der Waals surface area (Å²) in [6.45, 7) is 1.89. The van der Waals surface area contributed by atoms with Gasteiger partial charge in [0.25, 0.3) is 5.56 Å². The summed E-state index contributed by atoms with van der Waals surface area (Å²) in [4.78, 5) is 19.9. The summed E-state index contributed by atoms with van der Waals surface area (Å²) in [6.07, 6.45) is 7.63. The van der Waals surface area contributed by atoms with Gasteiger partial charge in [0, 0.05) is 13.1 Å². The Hall–Kier alpha value is -1.32. The van der Waals surface area contributed by atoms with Crippen LogP contribution in [0.25, 0.3) is 0 Å². The molecule has 1 radical (unpaired) electrons. The smallest absolute Gasteiger partial charge is 0.291 e. The molecule has 0 atom stereocenters. The van der Waals surface area contributed by atoms with E-state index < -0.39 is 0 Å². The van der Waals surface area contributed by atoms with E-state index in [-0.39, 0.29) is 5.56 Å². The molecule has 1 N–H and O–H groups in total. The van der Waals surface area contributed by atoms with Gasteiger partial charge < -0.3 is 9.88 Å². The molecule has 13 heavy (non-hydrogen) atoms. The van der Waals surface area contributed by atoms with Crippen LogP contribution in [-0.2, 0) is 0 Å². The third kappa shape index (κ3) is 1.71. The van der Waals surface area contributed by atoms with Crippen LogP contribution in [0.1, 0.15) is 19.3 Å². The van der Waals surface area contributed by atoms with Gasteiger partial charge >= 0.3 is 0 Å². The van der Waals surface area contributed by atoms with Crippen LogP contribution in [0.15, 0.2) is 11.0 Å². The first-order valence-corrected chi connectivity index (χ1v) is 4.58. The van der Waals surface area contributed by atoms with Crippen molar-refractivity contribution in [3.8, 4) is 0 Å². The molecule has 2 rings (SSSR count). The van der Waals surface area contributed by atoms with Crippen molar-refractivity contribution in [2.45, 2.75) is 19.3 Å². The van der Waals surface area contributed by atoms with E-state index in [9.17, 15) is 4.79 Å². The van der Waals surface area contributed by atoms with Crippen LogP contribution in [0, 0.1) is 6.20 Å². The van der Waals surface area contributed by atoms with Gasteiger partial charge in [-0.25, -0.2) is 4.98 Å². The molecule has 0 aliphatic carbocycles. The standard InChI is InChI=1S/C9H12N3O/c13-9-8(10-4-5-11-9)12-6-2-1-3-7-12/h4H,1-3,6-7H2,(H,11,13). The molecule has 0 aromatic carbocycles. The van der Waals surface area contributed by atoms with E-state index in [1.165, 1.54) is 12.6 Å². The Bertz CT molecular complexity index is 328. The quantitative estimate of drug-likeness (QED) is 0.683. The maximum Gasteiger partial charge on any atom is 0.291 e. The van der Waals surface area contributed by atoms with Crippen molar-refractivity contribution in [2.24, 2.45) is 0 Å². The molecule has 1 aliphatic rings. The summed E-state index contributed by atoms with van der Waals surface area (Å²) < 4.78 is 0. The fourth-order valence-electron chi connectivity index (χ4n) is 1.64. The molecule has 4 nitrogen and oxygen atoms in total. The summed E-state index contributed by atoms with van der Waals surface area (Å²) in [5.41, 5.74) is -0.135. The number of anilines is 1. The van der Waals surface area contributed by atoms with Gasteiger partial charge in [-0.1, -0.05) is 0 Å². The Morgan fingerprint density at radius 3 is 2.85 bits per heavy atom. The average Bonchev–Trinajstić information content (AvgIpc) is 2.20. The summed E-state index contributed by atoms with van der Waals surface area (Å²) in [5, 5.41) is 0. The minimum atomic E-state index is -0.135. The lowest BCUT2D eigenvalue weighted by atomic mass is 10.1. The number of piperidine rings is 1. The fraction of sp³-hybridized carbons (Fsp3) is 0.556. The Morgan fingerprint density at radius 1 is 1.38 bits per heavy atom. The Kier molecular flexibility index (Phi) is 2.29. The van der Waals surface area contributed by atoms with Crippen LogP contribution in [-0.4, -0.2) is 23.1 Å². The van der Waals surface area contributed by atoms with Gasteiger partial charge in [0.15, 0.2) is 5.82 Å². The number of hydrogen-bond acceptors (Lipinski definition) is 3. The number of rotatable bonds is 1. The molecule has 0 amide bonds. The summed E-state index contributed by atoms with van der Waals surface area (Å²) >= 11 is 0. The third-order valence-electron chi connectivity index (χ3n) is 2.30. The van der Waals surface area contributed by atoms with Crippen LogP contribution in [0.4, 0.5) is 5.82 Å². The molecule has 1 aromatic rings. The van der Waals surface area contributed by atoms with E-state index in [4.69, 9.17) is 0 Å². The normalized spacial score (nSPS) is 17.4. The number of nitrogens with one attached hydrogen (secondary N) is 1. The predicted molar refractivity (Wildman–Crippen MR) is 49.8 cm³/mol. The van der Waals surface area contributed by atoms with Crippen molar-refractivity contribution in [3.63, 3.8) is 0 Å². The van der Waals surface area contributed by atoms with Crippen molar-refractivity contribution in [1.29, 1.82) is 0 Å². The highest BCUT2D eigenvalue weighted by molar-refractivity contribution is 5.35. The summed E-state index contributed by atoms with van der Waals surface area (Å²) in [5.74, 6) is 0.540. The topological polar surface area (TPSA) is 49.0 Å². The fourth-order valence-corrected chi connectivity index (χ4v) is 1.64. The largest absolute Gasteiger partial charge is 0.352 e. The minimum absolute atomic E-state index is 0.135. The van der Waals surface area contributed by atoms with Crippen molar-refractivity contribution in [1.82, 2.24) is 9.97 Å². The zero-order valence-corrected chi connectivity index (χ0v) is 7.42. The van der Waals surface area contributed by atoms with Gasteiger partial charge in [-0.2, -0.15) is 0 Å². The van der Waals surface area contributed by atoms with Gasteiger partial charge in [0.1, 0.15) is 0 Å². The lowest BCUT2D eigenvalue weighted by molar-refractivity contribution is 0.571. The first kappa shape index (κ1) is 8.29. The van der Waals surface area contributed by atoms with Crippen LogP contribution >= 0.6 is 0 Å². The van der Waals surface area contributed by atoms with Gasteiger partial charge in [-0.05, 0) is 19.3 Å². The SMILES string of the molecule is O=c1[nH][c]cnc1N1CCCCC1. The molecule has 2 heterocycles. The molecule has 1 fully saturated rings. The van der Waals surface area contributed by atoms with Crippen molar-refractivity contribution < 1.29 is 0 Å². The number of hydrogen-bond donors (Lipinski definition) is 1. The average molecular weight is 178 g/mol. The molecule has 0 unspecified atom stereocenters. The van der Waals surface area contributed by atoms with Gasteiger partial charge in [0.05, 0.1) is 12.4 Å². The number of aromatic nitrogens is 2. The number of aromatic amines is 1. The molecule has 0 spiro atoms. The zero-order valence-electron chi connectivity index (χ0n) is 7.42. The Labute approximate surface area is 76.6 Å². The minimum Gasteiger partial charge on any atom is -0.352 e. The first-order chi connectivity index (χ1) is 6.38. The maximum atomic E-state index is 11.3. The highest BCUT2D eigenvalue weighted by atomic mass is 16.1. The summed E-state index contributed by atoms with van der Waals surface area (Å²) in [7, 11) is 0. The second-order valence-electron chi connectivity index (χ2n) is 3.23. The van der Waals surface area contributed by atoms with E-state index >= 15 is 0 Å². The van der Waals surface area contributed by atoms with Crippen LogP contribution in [0.3, 0.4) is 0 Å². The van der Waals surface area contributed by atoms with Gasteiger partial charge in [-0.15, -0.1) is 0 Å². The molecule has 1 aromatic heterocycles. The third-order valence-corrected chi connectivity index (χ3v) is 2.30. The molecule has 4 heteroatoms. The Morgan fingerprint density at radius 2 is 2.15 bits per heavy atom. The molecule has 0 saturated carbocycles. The van der Waals surface area contributed by atoms with Crippen molar-refractivity contribution in [3.05, 3.63) is 22.7 Å². The Balaban J connectivity index is 2.24. The number of nitrogens with zero attached hydrogens (tertiary/aromatic N) is 2. The van der Waals surface area contributed by atoms with E-state index in [1.54, 1.807) is 0 Å². The predicted octanol–water partition coefficient (Wildman–Crippen LogP) is 0.560. The van der Waals surface area contributed by atoms with Crippen molar-refractivity contribution in [2.75, 3.05) is 18.0 Å². The van der Waals surface area contributed by atoms with Crippen LogP contribution in [0.5, 0.6) is 0 Å². The summed E-state index contributed by atoms with van der Waals surface area (Å²) in [6, 6.07) is 0. The molecular weight excluding hydrogens is 166 g/mol. The van der Waals surface area contributed by atoms with E-state index in [1.807, 2.05) is 4.90 Å². The first-order valence-electron chi connectivity index (χ1n) is 4.58. The zero-order chi connectivity index (χ0) is 9.10. The second kappa shape index (κ2) is 3.60. The molecule has 1 saturated heterocycles. The highest BCUT2D eigenvalue weighted by Gasteiger charge is 2.14. The van der Waals surface area contributed by atoms with E-state index in [2.05, 4.69) is 16.2 Å². The molecule has 69 valence electrons.